The molecule has 0 radical (unpaired) electrons. The molecule has 2 aromatic heterocycles. The minimum Gasteiger partial charge on any atom is -0.423 e. The van der Waals surface area contributed by atoms with Gasteiger partial charge in [-0.25, -0.2) is 9.97 Å². The van der Waals surface area contributed by atoms with Crippen LogP contribution in [0.2, 0.25) is 5.15 Å². The lowest BCUT2D eigenvalue weighted by atomic mass is 9.80. The van der Waals surface area contributed by atoms with Gasteiger partial charge in [-0.05, 0) is 101 Å². The Morgan fingerprint density at radius 1 is 0.548 bits per heavy atom. The second kappa shape index (κ2) is 13.8. The first kappa shape index (κ1) is 30.9. The van der Waals surface area contributed by atoms with Gasteiger partial charge in [-0.1, -0.05) is 88.5 Å². The van der Waals surface area contributed by atoms with Crippen molar-refractivity contribution < 1.29 is 10.0 Å². The Morgan fingerprint density at radius 2 is 1.07 bits per heavy atom. The Balaban J connectivity index is 0.000000154. The molecule has 0 atom stereocenters. The molecule has 0 saturated carbocycles. The average molecular weight is 575 g/mol. The van der Waals surface area contributed by atoms with Crippen LogP contribution in [-0.2, 0) is 0 Å². The van der Waals surface area contributed by atoms with Crippen LogP contribution in [0, 0.1) is 41.5 Å². The summed E-state index contributed by atoms with van der Waals surface area (Å²) in [6.45, 7) is 12.3. The second-order valence-corrected chi connectivity index (χ2v) is 11.2. The first-order chi connectivity index (χ1) is 20.0. The van der Waals surface area contributed by atoms with E-state index in [1.165, 1.54) is 33.2 Å². The Morgan fingerprint density at radius 3 is 1.62 bits per heavy atom. The zero-order valence-corrected chi connectivity index (χ0v) is 25.7. The minimum absolute atomic E-state index is 0.542. The molecular formula is C36H36BClN2O2. The summed E-state index contributed by atoms with van der Waals surface area (Å²) in [6.07, 6.45) is 0. The van der Waals surface area contributed by atoms with Crippen molar-refractivity contribution in [2.75, 3.05) is 0 Å². The van der Waals surface area contributed by atoms with Crippen molar-refractivity contribution >= 4 is 46.0 Å². The van der Waals surface area contributed by atoms with E-state index in [1.807, 2.05) is 32.0 Å². The van der Waals surface area contributed by atoms with E-state index in [0.29, 0.717) is 10.6 Å². The van der Waals surface area contributed by atoms with Crippen molar-refractivity contribution in [1.29, 1.82) is 0 Å². The van der Waals surface area contributed by atoms with Gasteiger partial charge in [-0.3, -0.25) is 0 Å². The number of fused-ring (bicyclic) bond motifs is 2. The van der Waals surface area contributed by atoms with Gasteiger partial charge in [0.15, 0.2) is 0 Å². The molecule has 6 rings (SSSR count). The van der Waals surface area contributed by atoms with Crippen molar-refractivity contribution in [2.24, 2.45) is 0 Å². The molecule has 42 heavy (non-hydrogen) atoms. The highest BCUT2D eigenvalue weighted by Crippen LogP contribution is 2.26. The van der Waals surface area contributed by atoms with Gasteiger partial charge in [-0.15, -0.1) is 0 Å². The smallest absolute Gasteiger partial charge is 0.423 e. The molecule has 0 aliphatic rings. The predicted octanol–water partition coefficient (Wildman–Crippen LogP) is 8.01. The second-order valence-electron chi connectivity index (χ2n) is 10.8. The molecule has 0 saturated heterocycles. The first-order valence-corrected chi connectivity index (χ1v) is 14.3. The summed E-state index contributed by atoms with van der Waals surface area (Å²) < 4.78 is 0. The molecule has 6 heteroatoms. The Kier molecular flexibility index (Phi) is 10.1. The fraction of sp³-hybridized carbons (Fsp3) is 0.167. The molecule has 6 aromatic rings. The van der Waals surface area contributed by atoms with Crippen LogP contribution < -0.4 is 5.46 Å². The monoisotopic (exact) mass is 574 g/mol. The van der Waals surface area contributed by atoms with Crippen molar-refractivity contribution in [3.63, 3.8) is 0 Å². The van der Waals surface area contributed by atoms with Crippen LogP contribution in [0.5, 0.6) is 0 Å². The maximum Gasteiger partial charge on any atom is 0.488 e. The Bertz CT molecular complexity index is 1850. The minimum atomic E-state index is -1.35. The van der Waals surface area contributed by atoms with Gasteiger partial charge in [0.2, 0.25) is 0 Å². The SMILES string of the molecule is Cc1ccc2nc(Cl)c(C)cc2c1.Cc1cccc(-c2nc3ccc(C)cc3cc2C)c1.Cc1cccc(B(O)O)c1. The third kappa shape index (κ3) is 8.04. The van der Waals surface area contributed by atoms with Crippen LogP contribution in [0.4, 0.5) is 0 Å². The summed E-state index contributed by atoms with van der Waals surface area (Å²) in [5, 5.41) is 20.4. The summed E-state index contributed by atoms with van der Waals surface area (Å²) in [5.74, 6) is 0. The van der Waals surface area contributed by atoms with E-state index in [9.17, 15) is 0 Å². The van der Waals surface area contributed by atoms with E-state index in [1.54, 1.807) is 18.2 Å². The number of aromatic nitrogens is 2. The van der Waals surface area contributed by atoms with E-state index >= 15 is 0 Å². The van der Waals surface area contributed by atoms with Crippen LogP contribution in [0.1, 0.15) is 33.4 Å². The van der Waals surface area contributed by atoms with E-state index in [4.69, 9.17) is 26.6 Å². The normalized spacial score (nSPS) is 10.5. The molecule has 0 unspecified atom stereocenters. The highest BCUT2D eigenvalue weighted by Gasteiger charge is 2.09. The van der Waals surface area contributed by atoms with E-state index < -0.39 is 7.12 Å². The molecule has 4 aromatic carbocycles. The van der Waals surface area contributed by atoms with Crippen LogP contribution in [0.15, 0.2) is 97.1 Å². The van der Waals surface area contributed by atoms with E-state index in [2.05, 4.69) is 93.3 Å². The molecule has 2 heterocycles. The standard InChI is InChI=1S/C18H17N.C11H10ClN.C7H9BO2/c1-12-5-4-6-15(9-12)18-14(3)11-16-10-13(2)7-8-17(16)19-18;1-7-3-4-10-9(5-7)6-8(2)11(12)13-10;1-6-3-2-4-7(5-6)8(9)10/h4-11H,1-3H3;3-6H,1-2H3;2-5,9-10H,1H3. The van der Waals surface area contributed by atoms with Gasteiger partial charge in [-0.2, -0.15) is 0 Å². The summed E-state index contributed by atoms with van der Waals surface area (Å²) in [4.78, 5) is 9.11. The molecule has 0 spiro atoms. The van der Waals surface area contributed by atoms with Crippen LogP contribution in [-0.4, -0.2) is 27.1 Å². The van der Waals surface area contributed by atoms with Crippen molar-refractivity contribution in [1.82, 2.24) is 9.97 Å². The molecule has 212 valence electrons. The molecule has 0 aliphatic carbocycles. The van der Waals surface area contributed by atoms with Crippen molar-refractivity contribution in [2.45, 2.75) is 41.5 Å². The lowest BCUT2D eigenvalue weighted by Gasteiger charge is -2.09. The maximum absolute atomic E-state index is 8.70. The summed E-state index contributed by atoms with van der Waals surface area (Å²) >= 11 is 5.92. The summed E-state index contributed by atoms with van der Waals surface area (Å²) in [5.41, 5.74) is 11.9. The molecule has 0 fully saturated rings. The van der Waals surface area contributed by atoms with Gasteiger partial charge in [0.25, 0.3) is 0 Å². The number of pyridine rings is 2. The van der Waals surface area contributed by atoms with E-state index in [0.717, 1.165) is 33.2 Å². The van der Waals surface area contributed by atoms with Crippen LogP contribution >= 0.6 is 11.6 Å². The molecule has 0 amide bonds. The number of halogens is 1. The topological polar surface area (TPSA) is 66.2 Å². The van der Waals surface area contributed by atoms with Gasteiger partial charge in [0.1, 0.15) is 5.15 Å². The largest absolute Gasteiger partial charge is 0.488 e. The quantitative estimate of drug-likeness (QED) is 0.162. The van der Waals surface area contributed by atoms with Crippen LogP contribution in [0.25, 0.3) is 33.1 Å². The molecule has 0 aliphatic heterocycles. The Labute approximate surface area is 253 Å². The number of hydrogen-bond donors (Lipinski definition) is 2. The fourth-order valence-electron chi connectivity index (χ4n) is 4.70. The molecular weight excluding hydrogens is 539 g/mol. The van der Waals surface area contributed by atoms with E-state index in [-0.39, 0.29) is 0 Å². The van der Waals surface area contributed by atoms with Gasteiger partial charge < -0.3 is 10.0 Å². The highest BCUT2D eigenvalue weighted by atomic mass is 35.5. The number of hydrogen-bond acceptors (Lipinski definition) is 4. The average Bonchev–Trinajstić information content (AvgIpc) is 2.94. The van der Waals surface area contributed by atoms with Gasteiger partial charge in [0.05, 0.1) is 16.7 Å². The highest BCUT2D eigenvalue weighted by molar-refractivity contribution is 6.58. The van der Waals surface area contributed by atoms with Gasteiger partial charge >= 0.3 is 7.12 Å². The predicted molar refractivity (Wildman–Crippen MR) is 179 cm³/mol. The fourth-order valence-corrected chi connectivity index (χ4v) is 4.84. The molecule has 2 N–H and O–H groups in total. The zero-order chi connectivity index (χ0) is 30.4. The molecule has 4 nitrogen and oxygen atoms in total. The van der Waals surface area contributed by atoms with Crippen LogP contribution in [0.3, 0.4) is 0 Å². The number of nitrogens with zero attached hydrogens (tertiary/aromatic N) is 2. The summed E-state index contributed by atoms with van der Waals surface area (Å²) in [6, 6.07) is 32.5. The third-order valence-corrected chi connectivity index (χ3v) is 7.27. The lowest BCUT2D eigenvalue weighted by Crippen LogP contribution is -2.29. The Hall–Kier alpha value is -4.03. The number of rotatable bonds is 2. The maximum atomic E-state index is 8.70. The lowest BCUT2D eigenvalue weighted by molar-refractivity contribution is 0.425. The van der Waals surface area contributed by atoms with Crippen molar-refractivity contribution in [3.05, 3.63) is 136 Å². The molecule has 0 bridgehead atoms. The van der Waals surface area contributed by atoms with Gasteiger partial charge in [0, 0.05) is 16.3 Å². The number of aryl methyl sites for hydroxylation is 6. The summed E-state index contributed by atoms with van der Waals surface area (Å²) in [7, 11) is -1.35. The zero-order valence-electron chi connectivity index (χ0n) is 25.0. The first-order valence-electron chi connectivity index (χ1n) is 13.9. The third-order valence-electron chi connectivity index (χ3n) is 6.89. The number of benzene rings is 4. The van der Waals surface area contributed by atoms with Crippen molar-refractivity contribution in [3.8, 4) is 11.3 Å².